The lowest BCUT2D eigenvalue weighted by molar-refractivity contribution is -0.130. The zero-order valence-corrected chi connectivity index (χ0v) is 11.5. The Balaban J connectivity index is 2.95. The molecular weight excluding hydrogens is 326 g/mol. The van der Waals surface area contributed by atoms with Crippen molar-refractivity contribution >= 4 is 43.5 Å². The average molecular weight is 337 g/mol. The summed E-state index contributed by atoms with van der Waals surface area (Å²) in [7, 11) is 0. The molecule has 82 valence electrons. The zero-order chi connectivity index (χ0) is 11.6. The molecule has 3 nitrogen and oxygen atoms in total. The number of benzene rings is 1. The highest BCUT2D eigenvalue weighted by atomic mass is 79.9. The maximum absolute atomic E-state index is 11.5. The first-order chi connectivity index (χ1) is 6.82. The van der Waals surface area contributed by atoms with Crippen molar-refractivity contribution in [3.8, 4) is 0 Å². The fraction of sp³-hybridized carbons (Fsp3) is 0.300. The number of aliphatic hydroxyl groups is 1. The molecule has 15 heavy (non-hydrogen) atoms. The summed E-state index contributed by atoms with van der Waals surface area (Å²) in [5, 5.41) is 12.1. The smallest absolute Gasteiger partial charge is 0.255 e. The van der Waals surface area contributed by atoms with E-state index in [1.165, 1.54) is 13.8 Å². The summed E-state index contributed by atoms with van der Waals surface area (Å²) in [6.45, 7) is 2.88. The fourth-order valence-electron chi connectivity index (χ4n) is 0.884. The minimum Gasteiger partial charge on any atom is -0.381 e. The molecule has 0 atom stereocenters. The number of carbonyl (C=O) groups is 1. The number of anilines is 1. The Labute approximate surface area is 105 Å². The van der Waals surface area contributed by atoms with Crippen LogP contribution in [0.15, 0.2) is 27.1 Å². The Morgan fingerprint density at radius 2 is 1.80 bits per heavy atom. The van der Waals surface area contributed by atoms with Crippen LogP contribution in [0.25, 0.3) is 0 Å². The first kappa shape index (κ1) is 12.7. The molecule has 1 amide bonds. The first-order valence-corrected chi connectivity index (χ1v) is 5.89. The van der Waals surface area contributed by atoms with Crippen LogP contribution < -0.4 is 5.32 Å². The number of hydrogen-bond donors (Lipinski definition) is 2. The number of rotatable bonds is 2. The lowest BCUT2D eigenvalue weighted by Gasteiger charge is -2.18. The molecule has 0 saturated carbocycles. The molecule has 0 aliphatic carbocycles. The van der Waals surface area contributed by atoms with Gasteiger partial charge in [0.15, 0.2) is 0 Å². The van der Waals surface area contributed by atoms with Gasteiger partial charge < -0.3 is 10.4 Å². The van der Waals surface area contributed by atoms with Crippen LogP contribution >= 0.6 is 31.9 Å². The number of amides is 1. The molecule has 2 N–H and O–H groups in total. The molecule has 0 saturated heterocycles. The van der Waals surface area contributed by atoms with Crippen LogP contribution in [0.2, 0.25) is 0 Å². The fourth-order valence-corrected chi connectivity index (χ4v) is 2.08. The highest BCUT2D eigenvalue weighted by Gasteiger charge is 2.24. The highest BCUT2D eigenvalue weighted by Crippen LogP contribution is 2.30. The molecule has 5 heteroatoms. The minimum atomic E-state index is -1.39. The molecule has 0 radical (unpaired) electrons. The minimum absolute atomic E-state index is 0.449. The lowest BCUT2D eigenvalue weighted by Crippen LogP contribution is -2.36. The Bertz CT molecular complexity index is 365. The summed E-state index contributed by atoms with van der Waals surface area (Å²) in [5.74, 6) is -0.449. The topological polar surface area (TPSA) is 49.3 Å². The molecular formula is C10H11Br2NO2. The molecule has 0 aliphatic rings. The van der Waals surface area contributed by atoms with Gasteiger partial charge in [-0.3, -0.25) is 4.79 Å². The van der Waals surface area contributed by atoms with Crippen LogP contribution in [0.5, 0.6) is 0 Å². The number of nitrogens with one attached hydrogen (secondary N) is 1. The van der Waals surface area contributed by atoms with Crippen LogP contribution in [0, 0.1) is 0 Å². The molecule has 0 aliphatic heterocycles. The van der Waals surface area contributed by atoms with Gasteiger partial charge in [-0.05, 0) is 57.8 Å². The van der Waals surface area contributed by atoms with Crippen molar-refractivity contribution in [1.82, 2.24) is 0 Å². The molecule has 0 bridgehead atoms. The van der Waals surface area contributed by atoms with Crippen LogP contribution in [-0.2, 0) is 4.79 Å². The van der Waals surface area contributed by atoms with Gasteiger partial charge in [-0.1, -0.05) is 6.07 Å². The Hall–Kier alpha value is -0.390. The van der Waals surface area contributed by atoms with Gasteiger partial charge in [0.2, 0.25) is 0 Å². The van der Waals surface area contributed by atoms with E-state index in [2.05, 4.69) is 37.2 Å². The van der Waals surface area contributed by atoms with E-state index in [9.17, 15) is 9.90 Å². The van der Waals surface area contributed by atoms with Crippen LogP contribution in [0.1, 0.15) is 13.8 Å². The van der Waals surface area contributed by atoms with Crippen molar-refractivity contribution < 1.29 is 9.90 Å². The second-order valence-electron chi connectivity index (χ2n) is 3.61. The van der Waals surface area contributed by atoms with Gasteiger partial charge in [0.25, 0.3) is 5.91 Å². The van der Waals surface area contributed by atoms with Crippen molar-refractivity contribution in [2.45, 2.75) is 19.4 Å². The Morgan fingerprint density at radius 3 is 2.20 bits per heavy atom. The third-order valence-corrected chi connectivity index (χ3v) is 3.08. The second kappa shape index (κ2) is 4.63. The van der Waals surface area contributed by atoms with Crippen molar-refractivity contribution in [3.05, 3.63) is 27.1 Å². The van der Waals surface area contributed by atoms with Crippen molar-refractivity contribution in [3.63, 3.8) is 0 Å². The molecule has 0 heterocycles. The summed E-state index contributed by atoms with van der Waals surface area (Å²) in [4.78, 5) is 11.5. The van der Waals surface area contributed by atoms with Gasteiger partial charge in [0, 0.05) is 8.95 Å². The summed E-state index contributed by atoms with van der Waals surface area (Å²) in [6, 6.07) is 5.46. The normalized spacial score (nSPS) is 11.3. The van der Waals surface area contributed by atoms with Gasteiger partial charge in [-0.25, -0.2) is 0 Å². The van der Waals surface area contributed by atoms with E-state index in [0.29, 0.717) is 5.69 Å². The van der Waals surface area contributed by atoms with Gasteiger partial charge in [-0.2, -0.15) is 0 Å². The summed E-state index contributed by atoms with van der Waals surface area (Å²) < 4.78 is 1.52. The van der Waals surface area contributed by atoms with E-state index in [1.807, 2.05) is 18.2 Å². The molecule has 0 unspecified atom stereocenters. The van der Waals surface area contributed by atoms with Gasteiger partial charge in [-0.15, -0.1) is 0 Å². The second-order valence-corrected chi connectivity index (χ2v) is 5.32. The number of carbonyl (C=O) groups excluding carboxylic acids is 1. The summed E-state index contributed by atoms with van der Waals surface area (Å²) in [6.07, 6.45) is 0. The molecule has 0 aromatic heterocycles. The standard InChI is InChI=1S/C10H11Br2NO2/c1-10(2,15)9(14)13-8-6(11)4-3-5-7(8)12/h3-5,15H,1-2H3,(H,13,14). The predicted molar refractivity (Wildman–Crippen MR) is 66.8 cm³/mol. The number of para-hydroxylation sites is 1. The maximum atomic E-state index is 11.5. The number of halogens is 2. The number of hydrogen-bond acceptors (Lipinski definition) is 2. The van der Waals surface area contributed by atoms with E-state index < -0.39 is 11.5 Å². The predicted octanol–water partition coefficient (Wildman–Crippen LogP) is 2.92. The van der Waals surface area contributed by atoms with E-state index in [1.54, 1.807) is 0 Å². The molecule has 0 fully saturated rings. The van der Waals surface area contributed by atoms with Gasteiger partial charge >= 0.3 is 0 Å². The Morgan fingerprint density at radius 1 is 1.33 bits per heavy atom. The third kappa shape index (κ3) is 3.29. The quantitative estimate of drug-likeness (QED) is 0.872. The lowest BCUT2D eigenvalue weighted by atomic mass is 10.1. The largest absolute Gasteiger partial charge is 0.381 e. The van der Waals surface area contributed by atoms with Crippen LogP contribution in [-0.4, -0.2) is 16.6 Å². The molecule has 0 spiro atoms. The van der Waals surface area contributed by atoms with E-state index in [4.69, 9.17) is 0 Å². The van der Waals surface area contributed by atoms with Crippen molar-refractivity contribution in [2.75, 3.05) is 5.32 Å². The van der Waals surface area contributed by atoms with Crippen molar-refractivity contribution in [1.29, 1.82) is 0 Å². The van der Waals surface area contributed by atoms with Crippen molar-refractivity contribution in [2.24, 2.45) is 0 Å². The maximum Gasteiger partial charge on any atom is 0.255 e. The molecule has 1 rings (SSSR count). The summed E-state index contributed by atoms with van der Waals surface area (Å²) >= 11 is 6.63. The van der Waals surface area contributed by atoms with Gasteiger partial charge in [0.1, 0.15) is 5.60 Å². The van der Waals surface area contributed by atoms with Crippen LogP contribution in [0.4, 0.5) is 5.69 Å². The highest BCUT2D eigenvalue weighted by molar-refractivity contribution is 9.11. The Kier molecular flexibility index (Phi) is 3.92. The molecule has 1 aromatic rings. The first-order valence-electron chi connectivity index (χ1n) is 4.30. The van der Waals surface area contributed by atoms with E-state index in [0.717, 1.165) is 8.95 Å². The third-order valence-electron chi connectivity index (χ3n) is 1.76. The van der Waals surface area contributed by atoms with E-state index in [-0.39, 0.29) is 0 Å². The molecule has 1 aromatic carbocycles. The summed E-state index contributed by atoms with van der Waals surface area (Å²) in [5.41, 5.74) is -0.779. The van der Waals surface area contributed by atoms with Gasteiger partial charge in [0.05, 0.1) is 5.69 Å². The SMILES string of the molecule is CC(C)(O)C(=O)Nc1c(Br)cccc1Br. The average Bonchev–Trinajstić information content (AvgIpc) is 2.09. The van der Waals surface area contributed by atoms with E-state index >= 15 is 0 Å². The monoisotopic (exact) mass is 335 g/mol. The van der Waals surface area contributed by atoms with Crippen LogP contribution in [0.3, 0.4) is 0 Å². The zero-order valence-electron chi connectivity index (χ0n) is 8.34.